The van der Waals surface area contributed by atoms with Gasteiger partial charge in [-0.2, -0.15) is 0 Å². The highest BCUT2D eigenvalue weighted by molar-refractivity contribution is 5.77. The largest absolute Gasteiger partial charge is 0.481 e. The fourth-order valence-electron chi connectivity index (χ4n) is 1.98. The Kier molecular flexibility index (Phi) is 3.09. The average molecular weight is 264 g/mol. The summed E-state index contributed by atoms with van der Waals surface area (Å²) in [6.45, 7) is 3.69. The predicted octanol–water partition coefficient (Wildman–Crippen LogP) is 1.81. The Hall–Kier alpha value is -2.24. The van der Waals surface area contributed by atoms with E-state index in [-0.39, 0.29) is 6.42 Å². The van der Waals surface area contributed by atoms with E-state index in [1.54, 1.807) is 12.1 Å². The van der Waals surface area contributed by atoms with Crippen molar-refractivity contribution >= 4 is 22.8 Å². The molecule has 6 heteroatoms. The Morgan fingerprint density at radius 1 is 1.47 bits per heavy atom. The van der Waals surface area contributed by atoms with Gasteiger partial charge < -0.3 is 14.4 Å². The molecule has 6 nitrogen and oxygen atoms in total. The van der Waals surface area contributed by atoms with Crippen molar-refractivity contribution in [2.75, 3.05) is 11.9 Å². The number of hydrogen-bond acceptors (Lipinski definition) is 4. The van der Waals surface area contributed by atoms with E-state index in [0.29, 0.717) is 11.1 Å². The first-order chi connectivity index (χ1) is 8.79. The first kappa shape index (κ1) is 13.2. The minimum absolute atomic E-state index is 0.0125. The van der Waals surface area contributed by atoms with E-state index < -0.39 is 17.3 Å². The molecule has 102 valence electrons. The van der Waals surface area contributed by atoms with Crippen LogP contribution in [0.15, 0.2) is 27.4 Å². The minimum atomic E-state index is -0.855. The van der Waals surface area contributed by atoms with Crippen LogP contribution in [0.3, 0.4) is 0 Å². The van der Waals surface area contributed by atoms with Gasteiger partial charge in [-0.25, -0.2) is 4.79 Å². The molecule has 0 unspecified atom stereocenters. The average Bonchev–Trinajstić information content (AvgIpc) is 2.65. The number of nitrogens with zero attached hydrogens (tertiary/aromatic N) is 1. The van der Waals surface area contributed by atoms with Gasteiger partial charge in [0.2, 0.25) is 0 Å². The van der Waals surface area contributed by atoms with E-state index in [0.717, 1.165) is 5.69 Å². The molecule has 19 heavy (non-hydrogen) atoms. The fourth-order valence-corrected chi connectivity index (χ4v) is 1.98. The zero-order valence-electron chi connectivity index (χ0n) is 11.1. The van der Waals surface area contributed by atoms with Crippen LogP contribution >= 0.6 is 0 Å². The van der Waals surface area contributed by atoms with Crippen molar-refractivity contribution in [1.82, 2.24) is 4.98 Å². The molecule has 0 spiro atoms. The molecule has 0 radical (unpaired) electrons. The second kappa shape index (κ2) is 4.46. The second-order valence-electron chi connectivity index (χ2n) is 5.14. The number of nitrogens with one attached hydrogen (secondary N) is 1. The maximum absolute atomic E-state index is 11.1. The van der Waals surface area contributed by atoms with Crippen LogP contribution in [0.4, 0.5) is 5.69 Å². The second-order valence-corrected chi connectivity index (χ2v) is 5.14. The monoisotopic (exact) mass is 264 g/mol. The Labute approximate surface area is 109 Å². The number of aromatic nitrogens is 1. The van der Waals surface area contributed by atoms with Crippen molar-refractivity contribution in [2.24, 2.45) is 0 Å². The highest BCUT2D eigenvalue weighted by Crippen LogP contribution is 2.27. The number of H-pyrrole nitrogens is 1. The molecule has 2 aromatic rings. The topological polar surface area (TPSA) is 86.5 Å². The van der Waals surface area contributed by atoms with E-state index in [1.807, 2.05) is 31.9 Å². The summed E-state index contributed by atoms with van der Waals surface area (Å²) >= 11 is 0. The molecular formula is C13H16N2O4. The van der Waals surface area contributed by atoms with Gasteiger partial charge >= 0.3 is 11.7 Å². The summed E-state index contributed by atoms with van der Waals surface area (Å²) in [5.74, 6) is -1.36. The van der Waals surface area contributed by atoms with Gasteiger partial charge in [-0.15, -0.1) is 0 Å². The molecular weight excluding hydrogens is 248 g/mol. The first-order valence-corrected chi connectivity index (χ1v) is 5.88. The van der Waals surface area contributed by atoms with E-state index in [9.17, 15) is 9.59 Å². The standard InChI is InChI=1S/C13H16N2O4/c1-13(2,7-11(16)17)15(3)8-4-5-9-10(6-8)19-12(18)14-9/h4-6H,7H2,1-3H3,(H,14,18)(H,16,17). The summed E-state index contributed by atoms with van der Waals surface area (Å²) in [6, 6.07) is 5.27. The number of anilines is 1. The van der Waals surface area contributed by atoms with E-state index in [1.165, 1.54) is 0 Å². The van der Waals surface area contributed by atoms with Crippen molar-refractivity contribution in [3.05, 3.63) is 28.7 Å². The predicted molar refractivity (Wildman–Crippen MR) is 71.6 cm³/mol. The van der Waals surface area contributed by atoms with Crippen LogP contribution < -0.4 is 10.7 Å². The maximum atomic E-state index is 11.1. The normalized spacial score (nSPS) is 11.7. The molecule has 0 bridgehead atoms. The molecule has 0 fully saturated rings. The van der Waals surface area contributed by atoms with Crippen LogP contribution in [0.5, 0.6) is 0 Å². The maximum Gasteiger partial charge on any atom is 0.417 e. The van der Waals surface area contributed by atoms with Crippen molar-refractivity contribution in [3.8, 4) is 0 Å². The SMILES string of the molecule is CN(c1ccc2[nH]c(=O)oc2c1)C(C)(C)CC(=O)O. The molecule has 0 amide bonds. The molecule has 0 aliphatic rings. The van der Waals surface area contributed by atoms with Crippen LogP contribution in [-0.2, 0) is 4.79 Å². The molecule has 0 saturated carbocycles. The number of fused-ring (bicyclic) bond motifs is 1. The smallest absolute Gasteiger partial charge is 0.417 e. The third-order valence-electron chi connectivity index (χ3n) is 3.28. The molecule has 1 aromatic heterocycles. The van der Waals surface area contributed by atoms with Crippen molar-refractivity contribution in [2.45, 2.75) is 25.8 Å². The lowest BCUT2D eigenvalue weighted by molar-refractivity contribution is -0.138. The Morgan fingerprint density at radius 2 is 2.16 bits per heavy atom. The van der Waals surface area contributed by atoms with E-state index in [4.69, 9.17) is 9.52 Å². The minimum Gasteiger partial charge on any atom is -0.481 e. The zero-order valence-corrected chi connectivity index (χ0v) is 11.1. The molecule has 0 saturated heterocycles. The van der Waals surface area contributed by atoms with Crippen LogP contribution in [0.25, 0.3) is 11.1 Å². The molecule has 0 aliphatic carbocycles. The van der Waals surface area contributed by atoms with Gasteiger partial charge in [0.25, 0.3) is 0 Å². The van der Waals surface area contributed by atoms with Gasteiger partial charge in [0.15, 0.2) is 5.58 Å². The van der Waals surface area contributed by atoms with Gasteiger partial charge in [0, 0.05) is 24.3 Å². The fraction of sp³-hybridized carbons (Fsp3) is 0.385. The number of carboxylic acid groups (broad SMARTS) is 1. The lowest BCUT2D eigenvalue weighted by Crippen LogP contribution is -2.43. The summed E-state index contributed by atoms with van der Waals surface area (Å²) in [5, 5.41) is 8.93. The zero-order chi connectivity index (χ0) is 14.2. The molecule has 1 aromatic carbocycles. The third-order valence-corrected chi connectivity index (χ3v) is 3.28. The molecule has 1 heterocycles. The van der Waals surface area contributed by atoms with Crippen LogP contribution in [0, 0.1) is 0 Å². The van der Waals surface area contributed by atoms with Crippen LogP contribution in [0.2, 0.25) is 0 Å². The Morgan fingerprint density at radius 3 is 2.79 bits per heavy atom. The van der Waals surface area contributed by atoms with E-state index >= 15 is 0 Å². The summed E-state index contributed by atoms with van der Waals surface area (Å²) in [5.41, 5.74) is 1.33. The first-order valence-electron chi connectivity index (χ1n) is 5.88. The van der Waals surface area contributed by atoms with Gasteiger partial charge in [-0.3, -0.25) is 9.78 Å². The number of hydrogen-bond donors (Lipinski definition) is 2. The van der Waals surface area contributed by atoms with Crippen molar-refractivity contribution in [1.29, 1.82) is 0 Å². The van der Waals surface area contributed by atoms with E-state index in [2.05, 4.69) is 4.98 Å². The third kappa shape index (κ3) is 2.62. The number of aromatic amines is 1. The summed E-state index contributed by atoms with van der Waals surface area (Å²) in [7, 11) is 1.81. The number of oxazole rings is 1. The lowest BCUT2D eigenvalue weighted by atomic mass is 9.98. The molecule has 0 aliphatic heterocycles. The van der Waals surface area contributed by atoms with Gasteiger partial charge in [-0.1, -0.05) is 0 Å². The quantitative estimate of drug-likeness (QED) is 0.879. The van der Waals surface area contributed by atoms with Crippen LogP contribution in [0.1, 0.15) is 20.3 Å². The van der Waals surface area contributed by atoms with Crippen molar-refractivity contribution < 1.29 is 14.3 Å². The molecule has 0 atom stereocenters. The summed E-state index contributed by atoms with van der Waals surface area (Å²) in [6.07, 6.45) is 0.0125. The number of rotatable bonds is 4. The van der Waals surface area contributed by atoms with Crippen LogP contribution in [-0.4, -0.2) is 28.6 Å². The highest BCUT2D eigenvalue weighted by Gasteiger charge is 2.27. The van der Waals surface area contributed by atoms with Gasteiger partial charge in [-0.05, 0) is 26.0 Å². The summed E-state index contributed by atoms with van der Waals surface area (Å²) < 4.78 is 5.00. The Bertz CT molecular complexity index is 669. The van der Waals surface area contributed by atoms with Gasteiger partial charge in [0.1, 0.15) is 0 Å². The molecule has 2 rings (SSSR count). The number of benzene rings is 1. The summed E-state index contributed by atoms with van der Waals surface area (Å²) in [4.78, 5) is 26.4. The highest BCUT2D eigenvalue weighted by atomic mass is 16.4. The lowest BCUT2D eigenvalue weighted by Gasteiger charge is -2.36. The Balaban J connectivity index is 2.37. The van der Waals surface area contributed by atoms with Gasteiger partial charge in [0.05, 0.1) is 11.9 Å². The number of aliphatic carboxylic acids is 1. The van der Waals surface area contributed by atoms with Crippen molar-refractivity contribution in [3.63, 3.8) is 0 Å². The molecule has 2 N–H and O–H groups in total. The number of carbonyl (C=O) groups is 1. The number of carboxylic acids is 1.